The van der Waals surface area contributed by atoms with Gasteiger partial charge in [0.1, 0.15) is 18.2 Å². The first-order valence-electron chi connectivity index (χ1n) is 5.39. The van der Waals surface area contributed by atoms with E-state index in [-0.39, 0.29) is 0 Å². The van der Waals surface area contributed by atoms with E-state index in [0.29, 0.717) is 22.4 Å². The first kappa shape index (κ1) is 13.0. The van der Waals surface area contributed by atoms with Crippen LogP contribution in [-0.4, -0.2) is 12.0 Å². The number of aromatic nitrogens is 1. The van der Waals surface area contributed by atoms with E-state index in [4.69, 9.17) is 27.9 Å². The zero-order chi connectivity index (χ0) is 13.0. The molecule has 1 aromatic heterocycles. The Kier molecular flexibility index (Phi) is 4.28. The Hall–Kier alpha value is -1.45. The van der Waals surface area contributed by atoms with Gasteiger partial charge in [0.15, 0.2) is 0 Å². The Bertz CT molecular complexity index is 546. The molecule has 1 aromatic carbocycles. The summed E-state index contributed by atoms with van der Waals surface area (Å²) in [6, 6.07) is 8.97. The monoisotopic (exact) mass is 282 g/mol. The highest BCUT2D eigenvalue weighted by Crippen LogP contribution is 2.28. The summed E-state index contributed by atoms with van der Waals surface area (Å²) < 4.78 is 5.63. The van der Waals surface area contributed by atoms with Crippen LogP contribution in [0.5, 0.6) is 5.75 Å². The third kappa shape index (κ3) is 3.28. The molecular formula is C13H12Cl2N2O. The molecule has 2 rings (SSSR count). The lowest BCUT2D eigenvalue weighted by Gasteiger charge is -2.09. The second kappa shape index (κ2) is 5.94. The summed E-state index contributed by atoms with van der Waals surface area (Å²) >= 11 is 11.8. The van der Waals surface area contributed by atoms with E-state index in [0.717, 1.165) is 11.4 Å². The van der Waals surface area contributed by atoms with Crippen LogP contribution in [0.1, 0.15) is 5.56 Å². The maximum atomic E-state index is 6.02. The van der Waals surface area contributed by atoms with Crippen molar-refractivity contribution in [2.45, 2.75) is 6.61 Å². The molecule has 1 N–H and O–H groups in total. The van der Waals surface area contributed by atoms with Crippen molar-refractivity contribution in [2.24, 2.45) is 0 Å². The third-order valence-electron chi connectivity index (χ3n) is 2.37. The molecule has 18 heavy (non-hydrogen) atoms. The smallest absolute Gasteiger partial charge is 0.138 e. The van der Waals surface area contributed by atoms with Crippen molar-refractivity contribution < 1.29 is 4.74 Å². The van der Waals surface area contributed by atoms with Crippen molar-refractivity contribution >= 4 is 29.0 Å². The van der Waals surface area contributed by atoms with Gasteiger partial charge in [0.25, 0.3) is 0 Å². The number of nitrogens with one attached hydrogen (secondary N) is 1. The molecule has 94 valence electrons. The maximum Gasteiger partial charge on any atom is 0.138 e. The number of ether oxygens (including phenoxy) is 1. The Morgan fingerprint density at radius 2 is 2.06 bits per heavy atom. The molecule has 0 fully saturated rings. The summed E-state index contributed by atoms with van der Waals surface area (Å²) in [7, 11) is 1.82. The van der Waals surface area contributed by atoms with Crippen LogP contribution in [-0.2, 0) is 6.61 Å². The van der Waals surface area contributed by atoms with Crippen molar-refractivity contribution in [3.63, 3.8) is 0 Å². The molecule has 0 radical (unpaired) electrons. The fourth-order valence-corrected chi connectivity index (χ4v) is 1.92. The van der Waals surface area contributed by atoms with E-state index < -0.39 is 0 Å². The molecule has 0 aliphatic heterocycles. The Labute approximate surface area is 116 Å². The zero-order valence-electron chi connectivity index (χ0n) is 9.78. The second-order valence-corrected chi connectivity index (χ2v) is 4.51. The Morgan fingerprint density at radius 3 is 2.78 bits per heavy atom. The first-order chi connectivity index (χ1) is 8.69. The molecule has 0 unspecified atom stereocenters. The highest BCUT2D eigenvalue weighted by molar-refractivity contribution is 6.35. The highest BCUT2D eigenvalue weighted by Gasteiger charge is 2.03. The summed E-state index contributed by atoms with van der Waals surface area (Å²) in [6.45, 7) is 0.429. The fourth-order valence-electron chi connectivity index (χ4n) is 1.45. The van der Waals surface area contributed by atoms with Gasteiger partial charge in [0.2, 0.25) is 0 Å². The summed E-state index contributed by atoms with van der Waals surface area (Å²) in [4.78, 5) is 4.13. The van der Waals surface area contributed by atoms with Gasteiger partial charge in [-0.3, -0.25) is 0 Å². The molecule has 3 nitrogen and oxygen atoms in total. The van der Waals surface area contributed by atoms with E-state index in [9.17, 15) is 0 Å². The zero-order valence-corrected chi connectivity index (χ0v) is 11.3. The third-order valence-corrected chi connectivity index (χ3v) is 2.90. The standard InChI is InChI=1S/C13H12Cl2N2O/c1-16-13-6-9(4-5-17-13)8-18-12-3-2-10(14)7-11(12)15/h2-7H,8H2,1H3,(H,16,17). The summed E-state index contributed by atoms with van der Waals surface area (Å²) in [5.41, 5.74) is 1.01. The lowest BCUT2D eigenvalue weighted by atomic mass is 10.3. The number of halogens is 2. The van der Waals surface area contributed by atoms with Gasteiger partial charge in [-0.2, -0.15) is 0 Å². The molecule has 0 saturated heterocycles. The van der Waals surface area contributed by atoms with Crippen LogP contribution in [0.4, 0.5) is 5.82 Å². The topological polar surface area (TPSA) is 34.1 Å². The minimum absolute atomic E-state index is 0.429. The molecule has 2 aromatic rings. The molecule has 0 bridgehead atoms. The molecule has 0 saturated carbocycles. The summed E-state index contributed by atoms with van der Waals surface area (Å²) in [5, 5.41) is 4.07. The van der Waals surface area contributed by atoms with Crippen LogP contribution in [0.3, 0.4) is 0 Å². The van der Waals surface area contributed by atoms with Gasteiger partial charge >= 0.3 is 0 Å². The molecule has 0 amide bonds. The van der Waals surface area contributed by atoms with Gasteiger partial charge < -0.3 is 10.1 Å². The number of benzene rings is 1. The van der Waals surface area contributed by atoms with Gasteiger partial charge in [-0.05, 0) is 35.9 Å². The van der Waals surface area contributed by atoms with Crippen LogP contribution in [0.15, 0.2) is 36.5 Å². The second-order valence-electron chi connectivity index (χ2n) is 3.66. The number of rotatable bonds is 4. The summed E-state index contributed by atoms with van der Waals surface area (Å²) in [5.74, 6) is 1.42. The maximum absolute atomic E-state index is 6.02. The van der Waals surface area contributed by atoms with Crippen molar-refractivity contribution in [1.82, 2.24) is 4.98 Å². The molecule has 1 heterocycles. The van der Waals surface area contributed by atoms with E-state index >= 15 is 0 Å². The average Bonchev–Trinajstić information content (AvgIpc) is 2.38. The lowest BCUT2D eigenvalue weighted by Crippen LogP contribution is -1.98. The molecule has 5 heteroatoms. The van der Waals surface area contributed by atoms with Gasteiger partial charge in [-0.15, -0.1) is 0 Å². The molecule has 0 aliphatic carbocycles. The van der Waals surface area contributed by atoms with Crippen LogP contribution in [0, 0.1) is 0 Å². The molecular weight excluding hydrogens is 271 g/mol. The van der Waals surface area contributed by atoms with Crippen LogP contribution < -0.4 is 10.1 Å². The molecule has 0 spiro atoms. The van der Waals surface area contributed by atoms with Crippen LogP contribution >= 0.6 is 23.2 Å². The minimum Gasteiger partial charge on any atom is -0.487 e. The number of nitrogens with zero attached hydrogens (tertiary/aromatic N) is 1. The van der Waals surface area contributed by atoms with Gasteiger partial charge in [0, 0.05) is 18.3 Å². The quantitative estimate of drug-likeness (QED) is 0.920. The van der Waals surface area contributed by atoms with Crippen molar-refractivity contribution in [2.75, 3.05) is 12.4 Å². The largest absolute Gasteiger partial charge is 0.487 e. The number of pyridine rings is 1. The van der Waals surface area contributed by atoms with E-state index in [2.05, 4.69) is 10.3 Å². The summed E-state index contributed by atoms with van der Waals surface area (Å²) in [6.07, 6.45) is 1.73. The van der Waals surface area contributed by atoms with Gasteiger partial charge in [0.05, 0.1) is 5.02 Å². The Morgan fingerprint density at radius 1 is 1.22 bits per heavy atom. The van der Waals surface area contributed by atoms with Crippen LogP contribution in [0.2, 0.25) is 10.0 Å². The van der Waals surface area contributed by atoms with Crippen molar-refractivity contribution in [1.29, 1.82) is 0 Å². The minimum atomic E-state index is 0.429. The van der Waals surface area contributed by atoms with Gasteiger partial charge in [-0.25, -0.2) is 4.98 Å². The van der Waals surface area contributed by atoms with E-state index in [1.807, 2.05) is 19.2 Å². The van der Waals surface area contributed by atoms with Crippen molar-refractivity contribution in [3.8, 4) is 5.75 Å². The van der Waals surface area contributed by atoms with E-state index in [1.54, 1.807) is 24.4 Å². The lowest BCUT2D eigenvalue weighted by molar-refractivity contribution is 0.306. The Balaban J connectivity index is 2.06. The SMILES string of the molecule is CNc1cc(COc2ccc(Cl)cc2Cl)ccn1. The van der Waals surface area contributed by atoms with Gasteiger partial charge in [-0.1, -0.05) is 23.2 Å². The average molecular weight is 283 g/mol. The predicted octanol–water partition coefficient (Wildman–Crippen LogP) is 4.01. The fraction of sp³-hybridized carbons (Fsp3) is 0.154. The number of hydrogen-bond acceptors (Lipinski definition) is 3. The van der Waals surface area contributed by atoms with E-state index in [1.165, 1.54) is 0 Å². The van der Waals surface area contributed by atoms with Crippen molar-refractivity contribution in [3.05, 3.63) is 52.1 Å². The normalized spacial score (nSPS) is 10.2. The molecule has 0 aliphatic rings. The first-order valence-corrected chi connectivity index (χ1v) is 6.15. The number of anilines is 1. The highest BCUT2D eigenvalue weighted by atomic mass is 35.5. The van der Waals surface area contributed by atoms with Crippen LogP contribution in [0.25, 0.3) is 0 Å². The molecule has 0 atom stereocenters. The predicted molar refractivity (Wildman–Crippen MR) is 74.6 cm³/mol. The number of hydrogen-bond donors (Lipinski definition) is 1.